The summed E-state index contributed by atoms with van der Waals surface area (Å²) in [6, 6.07) is 4.23. The lowest BCUT2D eigenvalue weighted by Crippen LogP contribution is -2.70. The maximum absolute atomic E-state index is 13.5. The van der Waals surface area contributed by atoms with Gasteiger partial charge in [-0.2, -0.15) is 0 Å². The molecule has 2 fully saturated rings. The van der Waals surface area contributed by atoms with Crippen LogP contribution in [0.25, 0.3) is 0 Å². The summed E-state index contributed by atoms with van der Waals surface area (Å²) in [6.45, 7) is 19.1. The minimum absolute atomic E-state index is 0.103. The number of nitrogens with zero attached hydrogens (tertiary/aromatic N) is 2. The van der Waals surface area contributed by atoms with E-state index in [1.165, 1.54) is 11.0 Å². The summed E-state index contributed by atoms with van der Waals surface area (Å²) in [4.78, 5) is 30.5. The van der Waals surface area contributed by atoms with Crippen LogP contribution in [-0.2, 0) is 16.0 Å². The molecule has 5 atom stereocenters. The van der Waals surface area contributed by atoms with Gasteiger partial charge in [-0.25, -0.2) is 0 Å². The number of piperidine rings is 1. The number of aromatic hydroxyl groups is 2. The van der Waals surface area contributed by atoms with E-state index in [9.17, 15) is 24.9 Å². The molecular weight excluding hydrogens is 506 g/mol. The third-order valence-corrected chi connectivity index (χ3v) is 8.80. The number of nitrogens with two attached hydrogens (primary N) is 1. The molecule has 1 aromatic rings. The van der Waals surface area contributed by atoms with E-state index in [-0.39, 0.29) is 47.5 Å². The van der Waals surface area contributed by atoms with Gasteiger partial charge >= 0.3 is 0 Å². The van der Waals surface area contributed by atoms with E-state index in [0.29, 0.717) is 32.1 Å². The van der Waals surface area contributed by atoms with Gasteiger partial charge in [0.1, 0.15) is 0 Å². The molecule has 8 heteroatoms. The fourth-order valence-electron chi connectivity index (χ4n) is 6.62. The minimum atomic E-state index is -1.07. The maximum atomic E-state index is 13.5. The lowest BCUT2D eigenvalue weighted by molar-refractivity contribution is -0.199. The van der Waals surface area contributed by atoms with E-state index >= 15 is 0 Å². The number of phenolic OH excluding ortho intramolecular Hbond substituents is 2. The van der Waals surface area contributed by atoms with E-state index in [0.717, 1.165) is 31.5 Å². The zero-order chi connectivity index (χ0) is 30.3. The monoisotopic (exact) mass is 557 g/mol. The molecule has 1 aromatic carbocycles. The molecule has 5 N–H and O–H groups in total. The molecule has 4 unspecified atom stereocenters. The Labute approximate surface area is 240 Å². The first-order valence-electron chi connectivity index (χ1n) is 14.8. The van der Waals surface area contributed by atoms with Gasteiger partial charge in [0, 0.05) is 23.2 Å². The number of amides is 2. The summed E-state index contributed by atoms with van der Waals surface area (Å²) in [5.41, 5.74) is 5.19. The predicted octanol–water partition coefficient (Wildman–Crippen LogP) is 4.87. The lowest BCUT2D eigenvalue weighted by atomic mass is 9.55. The highest BCUT2D eigenvalue weighted by atomic mass is 16.3. The Morgan fingerprint density at radius 3 is 2.45 bits per heavy atom. The molecule has 1 saturated carbocycles. The van der Waals surface area contributed by atoms with E-state index < -0.39 is 16.9 Å². The minimum Gasteiger partial charge on any atom is -0.504 e. The van der Waals surface area contributed by atoms with Crippen LogP contribution in [-0.4, -0.2) is 67.7 Å². The van der Waals surface area contributed by atoms with Crippen molar-refractivity contribution in [2.45, 2.75) is 104 Å². The molecule has 1 saturated heterocycles. The SMILES string of the molecule is C=CC(CC)C(=O)N(C(=O)CC(=C)N)C1CCC2(O)[C@@H](Cc3ccc(O)c(O)c3)N(CCC)CCC2(C)C1.CC. The van der Waals surface area contributed by atoms with E-state index in [1.54, 1.807) is 18.2 Å². The predicted molar refractivity (Wildman–Crippen MR) is 160 cm³/mol. The van der Waals surface area contributed by atoms with Crippen LogP contribution in [0.2, 0.25) is 0 Å². The second kappa shape index (κ2) is 14.2. The Morgan fingerprint density at radius 2 is 1.90 bits per heavy atom. The maximum Gasteiger partial charge on any atom is 0.236 e. The average molecular weight is 558 g/mol. The number of likely N-dealkylation sites (tertiary alicyclic amines) is 1. The van der Waals surface area contributed by atoms with Crippen LogP contribution in [0.5, 0.6) is 11.5 Å². The molecular formula is C32H51N3O5. The Balaban J connectivity index is 0.00000274. The molecule has 8 nitrogen and oxygen atoms in total. The number of rotatable bonds is 10. The first-order chi connectivity index (χ1) is 18.9. The van der Waals surface area contributed by atoms with Gasteiger partial charge in [-0.15, -0.1) is 6.58 Å². The first kappa shape index (κ1) is 33.4. The van der Waals surface area contributed by atoms with Crippen LogP contribution in [0, 0.1) is 11.3 Å². The fraction of sp³-hybridized carbons (Fsp3) is 0.625. The van der Waals surface area contributed by atoms with Crippen LogP contribution in [0.3, 0.4) is 0 Å². The number of fused-ring (bicyclic) bond motifs is 1. The second-order valence-electron chi connectivity index (χ2n) is 11.4. The second-order valence-corrected chi connectivity index (χ2v) is 11.4. The molecule has 2 amide bonds. The molecule has 1 heterocycles. The number of carbonyl (C=O) groups excluding carboxylic acids is 2. The van der Waals surface area contributed by atoms with Gasteiger partial charge in [-0.1, -0.05) is 53.3 Å². The number of benzene rings is 1. The van der Waals surface area contributed by atoms with E-state index in [1.807, 2.05) is 20.8 Å². The van der Waals surface area contributed by atoms with Crippen molar-refractivity contribution in [3.8, 4) is 11.5 Å². The number of imide groups is 1. The zero-order valence-electron chi connectivity index (χ0n) is 25.2. The summed E-state index contributed by atoms with van der Waals surface area (Å²) < 4.78 is 0. The molecule has 224 valence electrons. The van der Waals surface area contributed by atoms with E-state index in [2.05, 4.69) is 31.9 Å². The van der Waals surface area contributed by atoms with Crippen molar-refractivity contribution in [2.24, 2.45) is 17.1 Å². The molecule has 0 bridgehead atoms. The third kappa shape index (κ3) is 6.89. The van der Waals surface area contributed by atoms with Crippen molar-refractivity contribution in [3.63, 3.8) is 0 Å². The highest BCUT2D eigenvalue weighted by molar-refractivity contribution is 5.98. The van der Waals surface area contributed by atoms with Gasteiger partial charge in [0.15, 0.2) is 11.5 Å². The molecule has 2 aliphatic rings. The van der Waals surface area contributed by atoms with Crippen LogP contribution in [0.4, 0.5) is 0 Å². The Hall–Kier alpha value is -2.84. The molecule has 40 heavy (non-hydrogen) atoms. The highest BCUT2D eigenvalue weighted by Crippen LogP contribution is 2.54. The highest BCUT2D eigenvalue weighted by Gasteiger charge is 2.59. The number of hydrogen-bond acceptors (Lipinski definition) is 7. The van der Waals surface area contributed by atoms with Gasteiger partial charge in [0.25, 0.3) is 0 Å². The van der Waals surface area contributed by atoms with Gasteiger partial charge in [-0.05, 0) is 75.7 Å². The number of carbonyl (C=O) groups is 2. The van der Waals surface area contributed by atoms with Crippen LogP contribution >= 0.6 is 0 Å². The standard InChI is InChI=1S/C30H45N3O5.C2H6/c1-6-14-32-15-13-29(5)19-23(33(27(36)16-20(4)31)28(37)22(7-2)8-3)11-12-30(29,38)26(32)18-21-9-10-24(34)25(35)17-21;1-2/h7,9-10,17,22-23,26,34-35,38H,2,4,6,8,11-16,18-19,31H2,1,3,5H3;1-2H3/t22?,23?,26-,29?,30?;/m1./s1. The van der Waals surface area contributed by atoms with Crippen molar-refractivity contribution >= 4 is 11.8 Å². The topological polar surface area (TPSA) is 127 Å². The van der Waals surface area contributed by atoms with Crippen molar-refractivity contribution < 1.29 is 24.9 Å². The molecule has 1 aliphatic carbocycles. The number of aliphatic hydroxyl groups is 1. The average Bonchev–Trinajstić information content (AvgIpc) is 2.90. The summed E-state index contributed by atoms with van der Waals surface area (Å²) in [5.74, 6) is -1.46. The quantitative estimate of drug-likeness (QED) is 0.239. The van der Waals surface area contributed by atoms with Gasteiger partial charge in [-0.3, -0.25) is 19.4 Å². The Morgan fingerprint density at radius 1 is 1.23 bits per heavy atom. The summed E-state index contributed by atoms with van der Waals surface area (Å²) in [6.07, 6.45) is 5.59. The summed E-state index contributed by atoms with van der Waals surface area (Å²) >= 11 is 0. The summed E-state index contributed by atoms with van der Waals surface area (Å²) in [5, 5.41) is 32.3. The van der Waals surface area contributed by atoms with Gasteiger partial charge in [0.05, 0.1) is 17.9 Å². The molecule has 0 aromatic heterocycles. The number of phenols is 2. The van der Waals surface area contributed by atoms with Crippen LogP contribution in [0.1, 0.15) is 85.1 Å². The van der Waals surface area contributed by atoms with Crippen LogP contribution < -0.4 is 5.73 Å². The normalized spacial score (nSPS) is 26.9. The summed E-state index contributed by atoms with van der Waals surface area (Å²) in [7, 11) is 0. The lowest BCUT2D eigenvalue weighted by Gasteiger charge is -2.61. The molecule has 0 radical (unpaired) electrons. The largest absolute Gasteiger partial charge is 0.504 e. The molecule has 1 aliphatic heterocycles. The van der Waals surface area contributed by atoms with Gasteiger partial charge < -0.3 is 21.1 Å². The molecule has 0 spiro atoms. The first-order valence-corrected chi connectivity index (χ1v) is 14.8. The Kier molecular flexibility index (Phi) is 11.8. The third-order valence-electron chi connectivity index (χ3n) is 8.80. The van der Waals surface area contributed by atoms with Crippen molar-refractivity contribution in [1.29, 1.82) is 0 Å². The van der Waals surface area contributed by atoms with Crippen molar-refractivity contribution in [3.05, 3.63) is 48.7 Å². The molecule has 3 rings (SSSR count). The Bertz CT molecular complexity index is 1060. The van der Waals surface area contributed by atoms with E-state index in [4.69, 9.17) is 5.73 Å². The van der Waals surface area contributed by atoms with Crippen molar-refractivity contribution in [1.82, 2.24) is 9.80 Å². The smallest absolute Gasteiger partial charge is 0.236 e. The van der Waals surface area contributed by atoms with Gasteiger partial charge in [0.2, 0.25) is 11.8 Å². The number of hydrogen-bond donors (Lipinski definition) is 4. The zero-order valence-corrected chi connectivity index (χ0v) is 25.2. The fourth-order valence-corrected chi connectivity index (χ4v) is 6.62. The van der Waals surface area contributed by atoms with Crippen LogP contribution in [0.15, 0.2) is 43.1 Å². The van der Waals surface area contributed by atoms with Crippen molar-refractivity contribution in [2.75, 3.05) is 13.1 Å².